The van der Waals surface area contributed by atoms with Crippen LogP contribution in [0.25, 0.3) is 0 Å². The molecule has 2 nitrogen and oxygen atoms in total. The van der Waals surface area contributed by atoms with Crippen molar-refractivity contribution in [1.82, 2.24) is 5.32 Å². The number of rotatable bonds is 7. The summed E-state index contributed by atoms with van der Waals surface area (Å²) in [6.45, 7) is 4.36. The van der Waals surface area contributed by atoms with Crippen molar-refractivity contribution in [2.75, 3.05) is 26.8 Å². The summed E-state index contributed by atoms with van der Waals surface area (Å²) >= 11 is 0. The van der Waals surface area contributed by atoms with Crippen molar-refractivity contribution in [3.8, 4) is 0 Å². The SMILES string of the molecule is CCCNCC(COC)c1ccccc1F. The van der Waals surface area contributed by atoms with E-state index in [0.29, 0.717) is 6.61 Å². The van der Waals surface area contributed by atoms with Gasteiger partial charge in [-0.25, -0.2) is 4.39 Å². The third-order valence-electron chi connectivity index (χ3n) is 2.53. The van der Waals surface area contributed by atoms with Gasteiger partial charge in [0.2, 0.25) is 0 Å². The van der Waals surface area contributed by atoms with Crippen LogP contribution in [0.4, 0.5) is 4.39 Å². The minimum absolute atomic E-state index is 0.0812. The molecule has 0 bridgehead atoms. The molecule has 0 aliphatic carbocycles. The highest BCUT2D eigenvalue weighted by Crippen LogP contribution is 2.18. The molecule has 0 radical (unpaired) electrons. The maximum Gasteiger partial charge on any atom is 0.126 e. The first-order chi connectivity index (χ1) is 7.79. The van der Waals surface area contributed by atoms with Crippen LogP contribution in [0.2, 0.25) is 0 Å². The number of nitrogens with one attached hydrogen (secondary N) is 1. The van der Waals surface area contributed by atoms with Crippen LogP contribution in [-0.4, -0.2) is 26.8 Å². The Morgan fingerprint density at radius 2 is 2.12 bits per heavy atom. The fourth-order valence-electron chi connectivity index (χ4n) is 1.72. The summed E-state index contributed by atoms with van der Waals surface area (Å²) in [5.74, 6) is -0.0689. The smallest absolute Gasteiger partial charge is 0.126 e. The molecule has 1 aromatic rings. The Kier molecular flexibility index (Phi) is 6.04. The van der Waals surface area contributed by atoms with Gasteiger partial charge in [-0.1, -0.05) is 25.1 Å². The van der Waals surface area contributed by atoms with E-state index in [1.807, 2.05) is 12.1 Å². The Labute approximate surface area is 96.8 Å². The first kappa shape index (κ1) is 13.1. The first-order valence-corrected chi connectivity index (χ1v) is 5.73. The number of hydrogen-bond donors (Lipinski definition) is 1. The molecule has 1 atom stereocenters. The van der Waals surface area contributed by atoms with Crippen molar-refractivity contribution in [3.63, 3.8) is 0 Å². The molecule has 0 fully saturated rings. The lowest BCUT2D eigenvalue weighted by Gasteiger charge is -2.17. The second-order valence-corrected chi connectivity index (χ2v) is 3.88. The molecule has 3 heteroatoms. The normalized spacial score (nSPS) is 12.7. The summed E-state index contributed by atoms with van der Waals surface area (Å²) in [5.41, 5.74) is 0.730. The minimum Gasteiger partial charge on any atom is -0.384 e. The summed E-state index contributed by atoms with van der Waals surface area (Å²) in [4.78, 5) is 0. The van der Waals surface area contributed by atoms with Crippen LogP contribution in [0.3, 0.4) is 0 Å². The van der Waals surface area contributed by atoms with Crippen LogP contribution in [0.15, 0.2) is 24.3 Å². The molecule has 1 unspecified atom stereocenters. The van der Waals surface area contributed by atoms with E-state index in [1.54, 1.807) is 13.2 Å². The van der Waals surface area contributed by atoms with Gasteiger partial charge in [-0.15, -0.1) is 0 Å². The summed E-state index contributed by atoms with van der Waals surface area (Å²) in [7, 11) is 1.65. The van der Waals surface area contributed by atoms with Gasteiger partial charge in [0.25, 0.3) is 0 Å². The molecule has 0 spiro atoms. The lowest BCUT2D eigenvalue weighted by Crippen LogP contribution is -2.25. The van der Waals surface area contributed by atoms with Crippen LogP contribution < -0.4 is 5.32 Å². The Hall–Kier alpha value is -0.930. The number of benzene rings is 1. The van der Waals surface area contributed by atoms with Crippen molar-refractivity contribution in [1.29, 1.82) is 0 Å². The zero-order chi connectivity index (χ0) is 11.8. The Morgan fingerprint density at radius 3 is 2.75 bits per heavy atom. The van der Waals surface area contributed by atoms with Gasteiger partial charge in [0.1, 0.15) is 5.82 Å². The van der Waals surface area contributed by atoms with E-state index in [-0.39, 0.29) is 11.7 Å². The lowest BCUT2D eigenvalue weighted by atomic mass is 9.99. The highest BCUT2D eigenvalue weighted by atomic mass is 19.1. The summed E-state index contributed by atoms with van der Waals surface area (Å²) in [6.07, 6.45) is 1.08. The molecule has 0 amide bonds. The average molecular weight is 225 g/mol. The number of halogens is 1. The molecule has 1 aromatic carbocycles. The van der Waals surface area contributed by atoms with Crippen molar-refractivity contribution in [2.24, 2.45) is 0 Å². The van der Waals surface area contributed by atoms with Gasteiger partial charge < -0.3 is 10.1 Å². The molecule has 1 rings (SSSR count). The molecule has 16 heavy (non-hydrogen) atoms. The number of hydrogen-bond acceptors (Lipinski definition) is 2. The van der Waals surface area contributed by atoms with Crippen LogP contribution >= 0.6 is 0 Å². The molecule has 0 aromatic heterocycles. The van der Waals surface area contributed by atoms with Gasteiger partial charge in [0.15, 0.2) is 0 Å². The summed E-state index contributed by atoms with van der Waals surface area (Å²) in [5, 5.41) is 3.30. The Balaban J connectivity index is 2.65. The van der Waals surface area contributed by atoms with Gasteiger partial charge in [-0.3, -0.25) is 0 Å². The lowest BCUT2D eigenvalue weighted by molar-refractivity contribution is 0.176. The average Bonchev–Trinajstić information content (AvgIpc) is 2.29. The predicted molar refractivity (Wildman–Crippen MR) is 64.2 cm³/mol. The molecule has 90 valence electrons. The maximum absolute atomic E-state index is 13.6. The summed E-state index contributed by atoms with van der Waals surface area (Å²) in [6, 6.07) is 6.90. The van der Waals surface area contributed by atoms with Crippen molar-refractivity contribution in [2.45, 2.75) is 19.3 Å². The molecule has 0 saturated heterocycles. The van der Waals surface area contributed by atoms with Crippen molar-refractivity contribution >= 4 is 0 Å². The molecule has 0 aliphatic heterocycles. The third-order valence-corrected chi connectivity index (χ3v) is 2.53. The minimum atomic E-state index is -0.150. The van der Waals surface area contributed by atoms with E-state index in [2.05, 4.69) is 12.2 Å². The number of ether oxygens (including phenoxy) is 1. The van der Waals surface area contributed by atoms with E-state index >= 15 is 0 Å². The zero-order valence-corrected chi connectivity index (χ0v) is 10.0. The van der Waals surface area contributed by atoms with Crippen molar-refractivity contribution < 1.29 is 9.13 Å². The van der Waals surface area contributed by atoms with E-state index < -0.39 is 0 Å². The Morgan fingerprint density at radius 1 is 1.38 bits per heavy atom. The largest absolute Gasteiger partial charge is 0.384 e. The van der Waals surface area contributed by atoms with Gasteiger partial charge >= 0.3 is 0 Å². The topological polar surface area (TPSA) is 21.3 Å². The maximum atomic E-state index is 13.6. The quantitative estimate of drug-likeness (QED) is 0.720. The molecule has 0 heterocycles. The molecule has 0 saturated carbocycles. The van der Waals surface area contributed by atoms with E-state index in [0.717, 1.165) is 25.1 Å². The predicted octanol–water partition coefficient (Wildman–Crippen LogP) is 2.56. The second kappa shape index (κ2) is 7.36. The highest BCUT2D eigenvalue weighted by Gasteiger charge is 2.14. The van der Waals surface area contributed by atoms with E-state index in [4.69, 9.17) is 4.74 Å². The molecular weight excluding hydrogens is 205 g/mol. The van der Waals surface area contributed by atoms with Crippen LogP contribution in [-0.2, 0) is 4.74 Å². The van der Waals surface area contributed by atoms with Gasteiger partial charge in [0, 0.05) is 19.6 Å². The monoisotopic (exact) mass is 225 g/mol. The van der Waals surface area contributed by atoms with Gasteiger partial charge in [-0.05, 0) is 24.6 Å². The standard InChI is InChI=1S/C13H20FNO/c1-3-8-15-9-11(10-16-2)12-6-4-5-7-13(12)14/h4-7,11,15H,3,8-10H2,1-2H3. The van der Waals surface area contributed by atoms with E-state index in [9.17, 15) is 4.39 Å². The third kappa shape index (κ3) is 3.91. The van der Waals surface area contributed by atoms with Crippen LogP contribution in [0, 0.1) is 5.82 Å². The van der Waals surface area contributed by atoms with Crippen LogP contribution in [0.1, 0.15) is 24.8 Å². The van der Waals surface area contributed by atoms with Crippen LogP contribution in [0.5, 0.6) is 0 Å². The van der Waals surface area contributed by atoms with Gasteiger partial charge in [-0.2, -0.15) is 0 Å². The Bertz CT molecular complexity index is 304. The zero-order valence-electron chi connectivity index (χ0n) is 10.0. The van der Waals surface area contributed by atoms with Crippen molar-refractivity contribution in [3.05, 3.63) is 35.6 Å². The highest BCUT2D eigenvalue weighted by molar-refractivity contribution is 5.22. The van der Waals surface area contributed by atoms with Gasteiger partial charge in [0.05, 0.1) is 6.61 Å². The number of methoxy groups -OCH3 is 1. The second-order valence-electron chi connectivity index (χ2n) is 3.88. The summed E-state index contributed by atoms with van der Waals surface area (Å²) < 4.78 is 18.7. The fourth-order valence-corrected chi connectivity index (χ4v) is 1.72. The fraction of sp³-hybridized carbons (Fsp3) is 0.538. The molecular formula is C13H20FNO. The van der Waals surface area contributed by atoms with E-state index in [1.165, 1.54) is 6.07 Å². The molecule has 0 aliphatic rings. The first-order valence-electron chi connectivity index (χ1n) is 5.73. The molecule has 1 N–H and O–H groups in total.